The zero-order valence-corrected chi connectivity index (χ0v) is 26.9. The van der Waals surface area contributed by atoms with E-state index in [1.54, 1.807) is 12.1 Å². The fraction of sp³-hybridized carbons (Fsp3) is 0. The zero-order chi connectivity index (χ0) is 34.2. The molecule has 0 unspecified atom stereocenters. The van der Waals surface area contributed by atoms with Crippen LogP contribution in [0.25, 0.3) is 88.1 Å². The largest absolute Gasteiger partial charge is 0.455 e. The number of nitriles is 3. The molecule has 0 bridgehead atoms. The second-order valence-electron chi connectivity index (χ2n) is 12.6. The number of hydrogen-bond acceptors (Lipinski definition) is 4. The Balaban J connectivity index is 1.21. The van der Waals surface area contributed by atoms with Crippen LogP contribution in [0, 0.1) is 34.0 Å². The van der Waals surface area contributed by atoms with E-state index in [4.69, 9.17) is 4.42 Å². The summed E-state index contributed by atoms with van der Waals surface area (Å²) in [6.45, 7) is 0. The maximum Gasteiger partial charge on any atom is 0.145 e. The predicted octanol–water partition coefficient (Wildman–Crippen LogP) is 11.1. The van der Waals surface area contributed by atoms with Gasteiger partial charge in [0.1, 0.15) is 29.4 Å². The first-order chi connectivity index (χ1) is 25.2. The molecule has 0 atom stereocenters. The topological polar surface area (TPSA) is 94.4 Å². The first-order valence-corrected chi connectivity index (χ1v) is 16.5. The Hall–Kier alpha value is -7.59. The summed E-state index contributed by atoms with van der Waals surface area (Å²) in [4.78, 5) is 0. The molecule has 234 valence electrons. The summed E-state index contributed by atoms with van der Waals surface area (Å²) in [5.74, 6) is 0. The van der Waals surface area contributed by atoms with E-state index in [1.807, 2.05) is 42.5 Å². The van der Waals surface area contributed by atoms with Crippen molar-refractivity contribution in [3.63, 3.8) is 0 Å². The molecule has 0 aliphatic rings. The highest BCUT2D eigenvalue weighted by atomic mass is 16.3. The van der Waals surface area contributed by atoms with Crippen LogP contribution in [0.5, 0.6) is 0 Å². The number of nitrogens with zero attached hydrogens (tertiary/aromatic N) is 5. The van der Waals surface area contributed by atoms with Gasteiger partial charge in [0.25, 0.3) is 0 Å². The smallest absolute Gasteiger partial charge is 0.145 e. The SMILES string of the molecule is N#Cc1cc(-c2ccc(-n3c4ccccc4c4c5oc6c(ccc7c6c6ccccc6n7-c6ccccc6)c5ccc43)cc2)cc(C#N)c1C#N. The van der Waals surface area contributed by atoms with Gasteiger partial charge in [0.15, 0.2) is 0 Å². The van der Waals surface area contributed by atoms with Gasteiger partial charge >= 0.3 is 0 Å². The molecular weight excluding hydrogens is 627 g/mol. The van der Waals surface area contributed by atoms with Crippen LogP contribution in [0.1, 0.15) is 16.7 Å². The van der Waals surface area contributed by atoms with Gasteiger partial charge in [0.05, 0.1) is 49.5 Å². The molecule has 0 saturated carbocycles. The van der Waals surface area contributed by atoms with Gasteiger partial charge in [-0.1, -0.05) is 66.7 Å². The molecule has 10 rings (SSSR count). The van der Waals surface area contributed by atoms with Crippen LogP contribution in [-0.4, -0.2) is 9.13 Å². The molecule has 0 radical (unpaired) electrons. The van der Waals surface area contributed by atoms with Crippen molar-refractivity contribution in [2.45, 2.75) is 0 Å². The number of hydrogen-bond donors (Lipinski definition) is 0. The van der Waals surface area contributed by atoms with Gasteiger partial charge in [-0.2, -0.15) is 15.8 Å². The Morgan fingerprint density at radius 1 is 0.412 bits per heavy atom. The van der Waals surface area contributed by atoms with E-state index in [-0.39, 0.29) is 16.7 Å². The van der Waals surface area contributed by atoms with Gasteiger partial charge in [0, 0.05) is 32.9 Å². The van der Waals surface area contributed by atoms with Crippen molar-refractivity contribution in [2.24, 2.45) is 0 Å². The quantitative estimate of drug-likeness (QED) is 0.190. The van der Waals surface area contributed by atoms with Crippen LogP contribution in [0.2, 0.25) is 0 Å². The molecule has 0 aliphatic heterocycles. The monoisotopic (exact) mass is 649 g/mol. The zero-order valence-electron chi connectivity index (χ0n) is 26.9. The number of rotatable bonds is 3. The molecule has 0 amide bonds. The molecule has 6 heteroatoms. The normalized spacial score (nSPS) is 11.5. The van der Waals surface area contributed by atoms with Gasteiger partial charge in [-0.25, -0.2) is 0 Å². The van der Waals surface area contributed by atoms with Crippen molar-refractivity contribution < 1.29 is 4.42 Å². The lowest BCUT2D eigenvalue weighted by molar-refractivity contribution is 0.677. The molecule has 0 spiro atoms. The number of aromatic nitrogens is 2. The summed E-state index contributed by atoms with van der Waals surface area (Å²) < 4.78 is 11.6. The minimum absolute atomic E-state index is 0.102. The van der Waals surface area contributed by atoms with Crippen LogP contribution in [0.3, 0.4) is 0 Å². The molecule has 0 fully saturated rings. The minimum Gasteiger partial charge on any atom is -0.455 e. The lowest BCUT2D eigenvalue weighted by Gasteiger charge is -2.10. The third-order valence-electron chi connectivity index (χ3n) is 10.0. The molecule has 7 aromatic carbocycles. The number of fused-ring (bicyclic) bond motifs is 11. The molecule has 0 aliphatic carbocycles. The summed E-state index contributed by atoms with van der Waals surface area (Å²) in [6, 6.07) is 53.6. The fourth-order valence-electron chi connectivity index (χ4n) is 7.84. The molecule has 0 saturated heterocycles. The van der Waals surface area contributed by atoms with E-state index in [1.165, 1.54) is 0 Å². The average Bonchev–Trinajstić information content (AvgIpc) is 3.85. The van der Waals surface area contributed by atoms with Crippen molar-refractivity contribution in [1.29, 1.82) is 15.8 Å². The average molecular weight is 650 g/mol. The predicted molar refractivity (Wildman–Crippen MR) is 202 cm³/mol. The summed E-state index contributed by atoms with van der Waals surface area (Å²) in [5.41, 5.74) is 10.1. The number of benzene rings is 7. The Morgan fingerprint density at radius 3 is 1.41 bits per heavy atom. The van der Waals surface area contributed by atoms with Crippen molar-refractivity contribution in [2.75, 3.05) is 0 Å². The minimum atomic E-state index is 0.102. The Morgan fingerprint density at radius 2 is 0.902 bits per heavy atom. The van der Waals surface area contributed by atoms with E-state index in [2.05, 4.69) is 112 Å². The van der Waals surface area contributed by atoms with Crippen LogP contribution in [0.15, 0.2) is 144 Å². The number of furan rings is 1. The Labute approximate surface area is 291 Å². The highest BCUT2D eigenvalue weighted by Gasteiger charge is 2.22. The lowest BCUT2D eigenvalue weighted by atomic mass is 9.95. The maximum absolute atomic E-state index is 9.66. The maximum atomic E-state index is 9.66. The van der Waals surface area contributed by atoms with Gasteiger partial charge in [-0.3, -0.25) is 0 Å². The molecule has 10 aromatic rings. The van der Waals surface area contributed by atoms with Crippen molar-refractivity contribution >= 4 is 65.6 Å². The highest BCUT2D eigenvalue weighted by molar-refractivity contribution is 6.29. The van der Waals surface area contributed by atoms with Crippen LogP contribution in [-0.2, 0) is 0 Å². The number of para-hydroxylation sites is 3. The molecular formula is C45H23N5O. The Bertz CT molecular complexity index is 3180. The van der Waals surface area contributed by atoms with Gasteiger partial charge in [-0.05, 0) is 83.9 Å². The summed E-state index contributed by atoms with van der Waals surface area (Å²) in [7, 11) is 0. The molecule has 51 heavy (non-hydrogen) atoms. The summed E-state index contributed by atoms with van der Waals surface area (Å²) >= 11 is 0. The van der Waals surface area contributed by atoms with Crippen LogP contribution < -0.4 is 0 Å². The van der Waals surface area contributed by atoms with Gasteiger partial charge < -0.3 is 13.6 Å². The fourth-order valence-corrected chi connectivity index (χ4v) is 7.84. The first kappa shape index (κ1) is 28.4. The third-order valence-corrected chi connectivity index (χ3v) is 10.0. The Kier molecular flexibility index (Phi) is 5.97. The van der Waals surface area contributed by atoms with E-state index in [0.29, 0.717) is 5.56 Å². The van der Waals surface area contributed by atoms with E-state index >= 15 is 0 Å². The first-order valence-electron chi connectivity index (χ1n) is 16.5. The van der Waals surface area contributed by atoms with Crippen molar-refractivity contribution in [3.05, 3.63) is 156 Å². The molecule has 6 nitrogen and oxygen atoms in total. The molecule has 0 N–H and O–H groups in total. The second-order valence-corrected chi connectivity index (χ2v) is 12.6. The second kappa shape index (κ2) is 10.7. The van der Waals surface area contributed by atoms with Crippen LogP contribution in [0.4, 0.5) is 0 Å². The third kappa shape index (κ3) is 3.95. The van der Waals surface area contributed by atoms with E-state index < -0.39 is 0 Å². The summed E-state index contributed by atoms with van der Waals surface area (Å²) in [6.07, 6.45) is 0. The molecule has 3 aromatic heterocycles. The van der Waals surface area contributed by atoms with E-state index in [9.17, 15) is 15.8 Å². The van der Waals surface area contributed by atoms with Crippen molar-refractivity contribution in [1.82, 2.24) is 9.13 Å². The van der Waals surface area contributed by atoms with E-state index in [0.717, 1.165) is 82.5 Å². The summed E-state index contributed by atoms with van der Waals surface area (Å²) in [5, 5.41) is 35.4. The van der Waals surface area contributed by atoms with Crippen LogP contribution >= 0.6 is 0 Å². The van der Waals surface area contributed by atoms with Gasteiger partial charge in [0.2, 0.25) is 0 Å². The van der Waals surface area contributed by atoms with Crippen molar-refractivity contribution in [3.8, 4) is 40.7 Å². The molecule has 3 heterocycles. The standard InChI is InChI=1S/C45H23N5O/c46-24-29-22-28(23-30(25-47)37(29)26-48)27-14-16-32(17-15-27)50-39-13-7-5-11-36(39)43-41(50)21-19-34-33-18-20-40-42(44(33)51-45(34)43)35-10-4-6-12-38(35)49(40)31-8-2-1-3-9-31/h1-23H. The highest BCUT2D eigenvalue weighted by Crippen LogP contribution is 2.44. The van der Waals surface area contributed by atoms with Gasteiger partial charge in [-0.15, -0.1) is 0 Å². The lowest BCUT2D eigenvalue weighted by Crippen LogP contribution is -1.95.